The van der Waals surface area contributed by atoms with E-state index >= 15 is 0 Å². The number of hydrogen-bond donors (Lipinski definition) is 1. The van der Waals surface area contributed by atoms with Crippen LogP contribution in [-0.2, 0) is 6.61 Å². The first kappa shape index (κ1) is 12.2. The molecule has 0 aliphatic carbocycles. The van der Waals surface area contributed by atoms with Crippen molar-refractivity contribution in [1.29, 1.82) is 0 Å². The predicted molar refractivity (Wildman–Crippen MR) is 77.7 cm³/mol. The summed E-state index contributed by atoms with van der Waals surface area (Å²) >= 11 is 1.46. The lowest BCUT2D eigenvalue weighted by Crippen LogP contribution is -1.95. The molecule has 104 valence electrons. The molecule has 1 N–H and O–H groups in total. The molecule has 0 amide bonds. The molecule has 0 aromatic carbocycles. The van der Waals surface area contributed by atoms with Gasteiger partial charge in [-0.25, -0.2) is 9.50 Å². The monoisotopic (exact) mass is 298 g/mol. The summed E-state index contributed by atoms with van der Waals surface area (Å²) in [5.74, 6) is 0.627. The Morgan fingerprint density at radius 1 is 1.24 bits per heavy atom. The second-order valence-corrected chi connectivity index (χ2v) is 5.34. The Labute approximate surface area is 123 Å². The molecule has 0 bridgehead atoms. The Hall–Kier alpha value is -2.51. The van der Waals surface area contributed by atoms with E-state index < -0.39 is 0 Å². The van der Waals surface area contributed by atoms with Crippen molar-refractivity contribution in [2.24, 2.45) is 0 Å². The minimum Gasteiger partial charge on any atom is -0.463 e. The van der Waals surface area contributed by atoms with Gasteiger partial charge < -0.3 is 9.52 Å². The molecule has 7 heteroatoms. The fourth-order valence-corrected chi connectivity index (χ4v) is 3.08. The lowest BCUT2D eigenvalue weighted by molar-refractivity contribution is 0.274. The third kappa shape index (κ3) is 1.94. The SMILES string of the molecule is OCc1c(-c2ccco2)nc2sc(-c3ccncc3)nn12. The van der Waals surface area contributed by atoms with E-state index in [1.54, 1.807) is 29.2 Å². The van der Waals surface area contributed by atoms with E-state index in [4.69, 9.17) is 4.42 Å². The zero-order valence-corrected chi connectivity index (χ0v) is 11.6. The van der Waals surface area contributed by atoms with Gasteiger partial charge in [-0.05, 0) is 24.3 Å². The van der Waals surface area contributed by atoms with Crippen LogP contribution in [0, 0.1) is 0 Å². The average Bonchev–Trinajstić information content (AvgIpc) is 3.22. The first-order valence-electron chi connectivity index (χ1n) is 6.30. The molecule has 0 radical (unpaired) electrons. The molecule has 0 atom stereocenters. The predicted octanol–water partition coefficient (Wildman–Crippen LogP) is 2.61. The zero-order chi connectivity index (χ0) is 14.2. The molecule has 0 aliphatic rings. The Morgan fingerprint density at radius 3 is 2.81 bits per heavy atom. The second kappa shape index (κ2) is 4.80. The van der Waals surface area contributed by atoms with E-state index in [2.05, 4.69) is 15.1 Å². The van der Waals surface area contributed by atoms with E-state index in [1.165, 1.54) is 11.3 Å². The number of imidazole rings is 1. The molecule has 0 fully saturated rings. The van der Waals surface area contributed by atoms with Gasteiger partial charge in [0.1, 0.15) is 16.4 Å². The van der Waals surface area contributed by atoms with Gasteiger partial charge in [-0.2, -0.15) is 5.10 Å². The standard InChI is InChI=1S/C14H10N4O2S/c19-8-10-12(11-2-1-7-20-11)16-14-18(10)17-13(21-14)9-3-5-15-6-4-9/h1-7,19H,8H2. The highest BCUT2D eigenvalue weighted by Gasteiger charge is 2.19. The Morgan fingerprint density at radius 2 is 2.10 bits per heavy atom. The molecule has 4 aromatic rings. The number of aromatic nitrogens is 4. The van der Waals surface area contributed by atoms with Crippen LogP contribution in [0.3, 0.4) is 0 Å². The van der Waals surface area contributed by atoms with Crippen LogP contribution >= 0.6 is 11.3 Å². The molecule has 0 saturated carbocycles. The smallest absolute Gasteiger partial charge is 0.213 e. The van der Waals surface area contributed by atoms with Crippen molar-refractivity contribution in [3.05, 3.63) is 48.6 Å². The van der Waals surface area contributed by atoms with Crippen molar-refractivity contribution < 1.29 is 9.52 Å². The molecule has 0 saturated heterocycles. The quantitative estimate of drug-likeness (QED) is 0.629. The third-order valence-electron chi connectivity index (χ3n) is 3.13. The van der Waals surface area contributed by atoms with Crippen molar-refractivity contribution in [3.63, 3.8) is 0 Å². The van der Waals surface area contributed by atoms with Crippen LogP contribution in [0.1, 0.15) is 5.69 Å². The highest BCUT2D eigenvalue weighted by molar-refractivity contribution is 7.19. The first-order valence-corrected chi connectivity index (χ1v) is 7.12. The van der Waals surface area contributed by atoms with Gasteiger partial charge in [-0.1, -0.05) is 11.3 Å². The molecule has 4 heterocycles. The first-order chi connectivity index (χ1) is 10.4. The Balaban J connectivity index is 1.89. The zero-order valence-electron chi connectivity index (χ0n) is 10.8. The highest BCUT2D eigenvalue weighted by Crippen LogP contribution is 2.30. The van der Waals surface area contributed by atoms with Crippen LogP contribution < -0.4 is 0 Å². The maximum Gasteiger partial charge on any atom is 0.213 e. The van der Waals surface area contributed by atoms with E-state index in [9.17, 15) is 5.11 Å². The van der Waals surface area contributed by atoms with Gasteiger partial charge in [0.2, 0.25) is 4.96 Å². The van der Waals surface area contributed by atoms with E-state index in [0.29, 0.717) is 17.1 Å². The molecular weight excluding hydrogens is 288 g/mol. The fraction of sp³-hybridized carbons (Fsp3) is 0.0714. The molecular formula is C14H10N4O2S. The highest BCUT2D eigenvalue weighted by atomic mass is 32.1. The summed E-state index contributed by atoms with van der Waals surface area (Å²) < 4.78 is 7.02. The van der Waals surface area contributed by atoms with Crippen molar-refractivity contribution in [2.75, 3.05) is 0 Å². The number of fused-ring (bicyclic) bond motifs is 1. The lowest BCUT2D eigenvalue weighted by Gasteiger charge is -1.97. The summed E-state index contributed by atoms with van der Waals surface area (Å²) in [4.78, 5) is 9.24. The van der Waals surface area contributed by atoms with Crippen LogP contribution in [0.2, 0.25) is 0 Å². The molecule has 21 heavy (non-hydrogen) atoms. The van der Waals surface area contributed by atoms with Gasteiger partial charge in [-0.15, -0.1) is 0 Å². The lowest BCUT2D eigenvalue weighted by atomic mass is 10.3. The Kier molecular flexibility index (Phi) is 2.80. The molecule has 0 spiro atoms. The summed E-state index contributed by atoms with van der Waals surface area (Å²) in [7, 11) is 0. The maximum absolute atomic E-state index is 9.64. The van der Waals surface area contributed by atoms with Crippen molar-refractivity contribution >= 4 is 16.3 Å². The average molecular weight is 298 g/mol. The van der Waals surface area contributed by atoms with Crippen molar-refractivity contribution in [2.45, 2.75) is 6.61 Å². The van der Waals surface area contributed by atoms with E-state index in [-0.39, 0.29) is 6.61 Å². The molecule has 0 aliphatic heterocycles. The summed E-state index contributed by atoms with van der Waals surface area (Å²) in [6.45, 7) is -0.156. The van der Waals surface area contributed by atoms with Crippen molar-refractivity contribution in [1.82, 2.24) is 19.6 Å². The Bertz CT molecular complexity index is 881. The molecule has 4 rings (SSSR count). The van der Waals surface area contributed by atoms with Crippen LogP contribution in [0.5, 0.6) is 0 Å². The second-order valence-electron chi connectivity index (χ2n) is 4.38. The van der Waals surface area contributed by atoms with Crippen LogP contribution in [-0.4, -0.2) is 24.7 Å². The van der Waals surface area contributed by atoms with E-state index in [0.717, 1.165) is 15.5 Å². The molecule has 6 nitrogen and oxygen atoms in total. The molecule has 4 aromatic heterocycles. The summed E-state index contributed by atoms with van der Waals surface area (Å²) in [5.41, 5.74) is 2.22. The summed E-state index contributed by atoms with van der Waals surface area (Å²) in [6, 6.07) is 7.39. The number of rotatable bonds is 3. The third-order valence-corrected chi connectivity index (χ3v) is 4.09. The minimum atomic E-state index is -0.156. The van der Waals surface area contributed by atoms with Gasteiger partial charge >= 0.3 is 0 Å². The van der Waals surface area contributed by atoms with Gasteiger partial charge in [-0.3, -0.25) is 4.98 Å². The number of pyridine rings is 1. The van der Waals surface area contributed by atoms with E-state index in [1.807, 2.05) is 18.2 Å². The van der Waals surface area contributed by atoms with Gasteiger partial charge in [0.15, 0.2) is 5.76 Å². The van der Waals surface area contributed by atoms with Gasteiger partial charge in [0.25, 0.3) is 0 Å². The normalized spacial score (nSPS) is 11.3. The van der Waals surface area contributed by atoms with Crippen LogP contribution in [0.25, 0.3) is 27.0 Å². The maximum atomic E-state index is 9.64. The summed E-state index contributed by atoms with van der Waals surface area (Å²) in [5, 5.41) is 15.0. The number of aliphatic hydroxyl groups is 1. The largest absolute Gasteiger partial charge is 0.463 e. The van der Waals surface area contributed by atoms with Gasteiger partial charge in [0, 0.05) is 18.0 Å². The van der Waals surface area contributed by atoms with Crippen LogP contribution in [0.15, 0.2) is 47.3 Å². The number of furan rings is 1. The van der Waals surface area contributed by atoms with Crippen LogP contribution in [0.4, 0.5) is 0 Å². The fourth-order valence-electron chi connectivity index (χ4n) is 2.15. The summed E-state index contributed by atoms with van der Waals surface area (Å²) in [6.07, 6.45) is 5.03. The number of nitrogens with zero attached hydrogens (tertiary/aromatic N) is 4. The van der Waals surface area contributed by atoms with Crippen molar-refractivity contribution in [3.8, 4) is 22.0 Å². The minimum absolute atomic E-state index is 0.156. The number of hydrogen-bond acceptors (Lipinski definition) is 6. The topological polar surface area (TPSA) is 76.5 Å². The van der Waals surface area contributed by atoms with Gasteiger partial charge in [0.05, 0.1) is 12.9 Å². The number of aliphatic hydroxyl groups excluding tert-OH is 1. The molecule has 0 unspecified atom stereocenters.